The molecule has 1 unspecified atom stereocenters. The second-order valence-electron chi connectivity index (χ2n) is 8.79. The van der Waals surface area contributed by atoms with E-state index < -0.39 is 5.92 Å². The van der Waals surface area contributed by atoms with Gasteiger partial charge in [0.15, 0.2) is 5.13 Å². The van der Waals surface area contributed by atoms with Crippen molar-refractivity contribution in [2.24, 2.45) is 0 Å². The van der Waals surface area contributed by atoms with E-state index in [4.69, 9.17) is 4.42 Å². The average molecular weight is 556 g/mol. The number of amides is 2. The van der Waals surface area contributed by atoms with Crippen LogP contribution in [0, 0.1) is 11.3 Å². The van der Waals surface area contributed by atoms with Crippen molar-refractivity contribution in [2.45, 2.75) is 26.2 Å². The summed E-state index contributed by atoms with van der Waals surface area (Å²) < 4.78 is 6.66. The summed E-state index contributed by atoms with van der Waals surface area (Å²) in [4.78, 5) is 30.7. The maximum Gasteiger partial charge on any atom is 0.254 e. The van der Waals surface area contributed by atoms with E-state index >= 15 is 0 Å². The lowest BCUT2D eigenvalue weighted by molar-refractivity contribution is -0.114. The third kappa shape index (κ3) is 5.74. The summed E-state index contributed by atoms with van der Waals surface area (Å²) in [6.45, 7) is 3.85. The van der Waals surface area contributed by atoms with Crippen LogP contribution < -0.4 is 16.0 Å². The number of anilines is 2. The van der Waals surface area contributed by atoms with Crippen LogP contribution >= 0.6 is 23.1 Å². The first-order chi connectivity index (χ1) is 19.0. The number of carbonyl (C=O) groups is 2. The molecule has 10 heteroatoms. The molecule has 0 spiro atoms. The zero-order valence-corrected chi connectivity index (χ0v) is 22.9. The number of dihydropyridines is 1. The fraction of sp³-hybridized carbons (Fsp3) is 0.172. The van der Waals surface area contributed by atoms with Crippen LogP contribution in [0.25, 0.3) is 10.2 Å². The lowest BCUT2D eigenvalue weighted by atomic mass is 9.85. The number of nitriles is 1. The number of nitrogens with zero attached hydrogens (tertiary/aromatic N) is 2. The van der Waals surface area contributed by atoms with Gasteiger partial charge in [0.2, 0.25) is 5.91 Å². The molecule has 39 heavy (non-hydrogen) atoms. The Morgan fingerprint density at radius 1 is 1.13 bits per heavy atom. The Kier molecular flexibility index (Phi) is 7.81. The van der Waals surface area contributed by atoms with Gasteiger partial charge in [-0.3, -0.25) is 9.59 Å². The molecule has 2 aromatic carbocycles. The molecule has 1 atom stereocenters. The minimum atomic E-state index is -0.726. The predicted octanol–water partition coefficient (Wildman–Crippen LogP) is 6.16. The number of aromatic nitrogens is 1. The van der Waals surface area contributed by atoms with Gasteiger partial charge < -0.3 is 20.4 Å². The van der Waals surface area contributed by atoms with Gasteiger partial charge in [-0.05, 0) is 55.3 Å². The van der Waals surface area contributed by atoms with Crippen molar-refractivity contribution in [2.75, 3.05) is 16.4 Å². The van der Waals surface area contributed by atoms with Gasteiger partial charge in [0.1, 0.15) is 5.76 Å². The van der Waals surface area contributed by atoms with Crippen LogP contribution in [0.1, 0.15) is 31.1 Å². The zero-order chi connectivity index (χ0) is 27.4. The number of para-hydroxylation sites is 1. The summed E-state index contributed by atoms with van der Waals surface area (Å²) in [5.41, 5.74) is 3.91. The van der Waals surface area contributed by atoms with E-state index in [0.29, 0.717) is 38.5 Å². The van der Waals surface area contributed by atoms with Crippen LogP contribution in [-0.4, -0.2) is 22.6 Å². The number of carbonyl (C=O) groups excluding carboxylic acids is 2. The third-order valence-electron chi connectivity index (χ3n) is 6.23. The molecule has 3 heterocycles. The van der Waals surface area contributed by atoms with Crippen LogP contribution in [0.3, 0.4) is 0 Å². The summed E-state index contributed by atoms with van der Waals surface area (Å²) in [6.07, 6.45) is 2.41. The summed E-state index contributed by atoms with van der Waals surface area (Å²) in [6, 6.07) is 21.0. The molecule has 8 nitrogen and oxygen atoms in total. The largest absolute Gasteiger partial charge is 0.468 e. The van der Waals surface area contributed by atoms with Gasteiger partial charge in [0.25, 0.3) is 5.91 Å². The number of aryl methyl sites for hydroxylation is 1. The average Bonchev–Trinajstić information content (AvgIpc) is 3.61. The molecule has 3 N–H and O–H groups in total. The number of hydrogen-bond donors (Lipinski definition) is 3. The van der Waals surface area contributed by atoms with E-state index in [-0.39, 0.29) is 17.6 Å². The highest BCUT2D eigenvalue weighted by atomic mass is 32.2. The molecule has 2 aromatic heterocycles. The van der Waals surface area contributed by atoms with Crippen LogP contribution in [0.15, 0.2) is 93.2 Å². The number of thioether (sulfide) groups is 1. The molecule has 1 aliphatic rings. The van der Waals surface area contributed by atoms with Crippen molar-refractivity contribution in [1.82, 2.24) is 10.3 Å². The normalized spacial score (nSPS) is 15.2. The summed E-state index contributed by atoms with van der Waals surface area (Å²) >= 11 is 2.59. The lowest BCUT2D eigenvalue weighted by Crippen LogP contribution is -2.31. The van der Waals surface area contributed by atoms with Gasteiger partial charge in [0, 0.05) is 11.4 Å². The maximum absolute atomic E-state index is 13.5. The molecule has 0 radical (unpaired) electrons. The topological polar surface area (TPSA) is 120 Å². The minimum absolute atomic E-state index is 0.0485. The smallest absolute Gasteiger partial charge is 0.254 e. The number of hydrogen-bond acceptors (Lipinski definition) is 8. The molecule has 4 aromatic rings. The molecule has 196 valence electrons. The van der Waals surface area contributed by atoms with Gasteiger partial charge >= 0.3 is 0 Å². The number of nitrogens with one attached hydrogen (secondary N) is 3. The minimum Gasteiger partial charge on any atom is -0.468 e. The fourth-order valence-corrected chi connectivity index (χ4v) is 6.08. The summed E-state index contributed by atoms with van der Waals surface area (Å²) in [7, 11) is 0. The van der Waals surface area contributed by atoms with E-state index in [0.717, 1.165) is 16.6 Å². The zero-order valence-electron chi connectivity index (χ0n) is 21.3. The van der Waals surface area contributed by atoms with Crippen molar-refractivity contribution < 1.29 is 14.0 Å². The van der Waals surface area contributed by atoms with Gasteiger partial charge in [-0.1, -0.05) is 54.3 Å². The maximum atomic E-state index is 13.5. The second kappa shape index (κ2) is 11.6. The Labute approximate surface area is 233 Å². The second-order valence-corrected chi connectivity index (χ2v) is 10.8. The number of thiazole rings is 1. The highest BCUT2D eigenvalue weighted by Gasteiger charge is 2.36. The number of furan rings is 1. The Morgan fingerprint density at radius 3 is 2.62 bits per heavy atom. The first-order valence-corrected chi connectivity index (χ1v) is 14.1. The van der Waals surface area contributed by atoms with E-state index in [9.17, 15) is 14.9 Å². The van der Waals surface area contributed by atoms with Gasteiger partial charge in [-0.2, -0.15) is 5.26 Å². The van der Waals surface area contributed by atoms with E-state index in [1.54, 1.807) is 19.1 Å². The molecule has 0 saturated heterocycles. The lowest BCUT2D eigenvalue weighted by Gasteiger charge is -2.28. The van der Waals surface area contributed by atoms with Crippen molar-refractivity contribution >= 4 is 55.9 Å². The summed E-state index contributed by atoms with van der Waals surface area (Å²) in [5, 5.41) is 20.2. The van der Waals surface area contributed by atoms with Crippen LogP contribution in [0.5, 0.6) is 0 Å². The van der Waals surface area contributed by atoms with Gasteiger partial charge in [-0.15, -0.1) is 0 Å². The molecule has 1 aliphatic heterocycles. The Hall–Kier alpha value is -4.33. The number of benzene rings is 2. The first kappa shape index (κ1) is 26.3. The van der Waals surface area contributed by atoms with E-state index in [2.05, 4.69) is 33.9 Å². The van der Waals surface area contributed by atoms with Crippen molar-refractivity contribution in [1.29, 1.82) is 5.26 Å². The molecule has 0 fully saturated rings. The van der Waals surface area contributed by atoms with Crippen LogP contribution in [0.4, 0.5) is 10.8 Å². The quantitative estimate of drug-likeness (QED) is 0.238. The van der Waals surface area contributed by atoms with E-state index in [1.807, 2.05) is 48.5 Å². The third-order valence-corrected chi connectivity index (χ3v) is 8.20. The molecule has 2 amide bonds. The standard InChI is InChI=1S/C29H25N5O3S2/c1-3-18-10-12-19(13-11-18)32-27(36)25-17(2)31-28(20(15-30)26(25)22-8-6-14-37-22)38-16-24(35)34-29-33-21-7-4-5-9-23(21)39-29/h4-14,26,31H,3,16H2,1-2H3,(H,32,36)(H,33,34,35). The predicted molar refractivity (Wildman–Crippen MR) is 155 cm³/mol. The van der Waals surface area contributed by atoms with Crippen LogP contribution in [0.2, 0.25) is 0 Å². The van der Waals surface area contributed by atoms with Gasteiger partial charge in [0.05, 0.1) is 50.4 Å². The van der Waals surface area contributed by atoms with Crippen molar-refractivity contribution in [3.8, 4) is 6.07 Å². The Bertz CT molecular complexity index is 1600. The SMILES string of the molecule is CCc1ccc(NC(=O)C2=C(C)NC(SCC(=O)Nc3nc4ccccc4s3)=C(C#N)C2c2ccco2)cc1. The monoisotopic (exact) mass is 555 g/mol. The molecule has 0 bridgehead atoms. The van der Waals surface area contributed by atoms with Crippen molar-refractivity contribution in [3.63, 3.8) is 0 Å². The number of rotatable bonds is 8. The highest BCUT2D eigenvalue weighted by molar-refractivity contribution is 8.03. The molecule has 0 saturated carbocycles. The highest BCUT2D eigenvalue weighted by Crippen LogP contribution is 2.41. The van der Waals surface area contributed by atoms with E-state index in [1.165, 1.54) is 34.9 Å². The summed E-state index contributed by atoms with van der Waals surface area (Å²) in [5.74, 6) is -0.795. The molecule has 0 aliphatic carbocycles. The first-order valence-electron chi connectivity index (χ1n) is 12.3. The Balaban J connectivity index is 1.36. The number of allylic oxidation sites excluding steroid dienone is 2. The Morgan fingerprint density at radius 2 is 1.92 bits per heavy atom. The van der Waals surface area contributed by atoms with Crippen LogP contribution in [-0.2, 0) is 16.0 Å². The molecular weight excluding hydrogens is 530 g/mol. The molecule has 5 rings (SSSR count). The fourth-order valence-electron chi connectivity index (χ4n) is 4.31. The van der Waals surface area contributed by atoms with Gasteiger partial charge in [-0.25, -0.2) is 4.98 Å². The molecular formula is C29H25N5O3S2. The number of fused-ring (bicyclic) bond motifs is 1. The van der Waals surface area contributed by atoms with Crippen molar-refractivity contribution in [3.05, 3.63) is 100 Å².